The summed E-state index contributed by atoms with van der Waals surface area (Å²) in [5.74, 6) is 1.80. The molecule has 2 aromatic heterocycles. The molecule has 0 N–H and O–H groups in total. The lowest BCUT2D eigenvalue weighted by Gasteiger charge is -2.33. The molecule has 4 rings (SSSR count). The molecule has 1 atom stereocenters. The van der Waals surface area contributed by atoms with Gasteiger partial charge in [0.05, 0.1) is 18.8 Å². The molecule has 2 fully saturated rings. The number of piperidine rings is 1. The number of aryl methyl sites for hydroxylation is 1. The molecule has 24 heavy (non-hydrogen) atoms. The van der Waals surface area contributed by atoms with Gasteiger partial charge in [-0.1, -0.05) is 0 Å². The van der Waals surface area contributed by atoms with Gasteiger partial charge in [-0.05, 0) is 51.2 Å². The third kappa shape index (κ3) is 3.37. The summed E-state index contributed by atoms with van der Waals surface area (Å²) in [6, 6.07) is 4.01. The van der Waals surface area contributed by atoms with Crippen molar-refractivity contribution in [3.8, 4) is 0 Å². The van der Waals surface area contributed by atoms with E-state index in [-0.39, 0.29) is 0 Å². The lowest BCUT2D eigenvalue weighted by Crippen LogP contribution is -2.39. The average Bonchev–Trinajstić information content (AvgIpc) is 3.02. The summed E-state index contributed by atoms with van der Waals surface area (Å²) in [4.78, 5) is 2.32. The van der Waals surface area contributed by atoms with Crippen molar-refractivity contribution in [2.24, 2.45) is 0 Å². The van der Waals surface area contributed by atoms with Gasteiger partial charge in [0.25, 0.3) is 0 Å². The molecule has 2 aliphatic rings. The van der Waals surface area contributed by atoms with Crippen LogP contribution in [0.4, 0.5) is 5.82 Å². The van der Waals surface area contributed by atoms with Crippen molar-refractivity contribution in [2.45, 2.75) is 51.2 Å². The Bertz CT molecular complexity index is 675. The molecule has 2 aromatic rings. The summed E-state index contributed by atoms with van der Waals surface area (Å²) >= 11 is 0. The molecular weight excluding hydrogens is 306 g/mol. The summed E-state index contributed by atoms with van der Waals surface area (Å²) in [5.41, 5.74) is 0.793. The van der Waals surface area contributed by atoms with Crippen LogP contribution in [0.15, 0.2) is 12.1 Å². The van der Waals surface area contributed by atoms with Crippen LogP contribution in [0.5, 0.6) is 0 Å². The van der Waals surface area contributed by atoms with E-state index in [2.05, 4.69) is 20.2 Å². The quantitative estimate of drug-likeness (QED) is 0.854. The van der Waals surface area contributed by atoms with E-state index in [1.165, 1.54) is 12.8 Å². The van der Waals surface area contributed by atoms with Gasteiger partial charge in [-0.25, -0.2) is 0 Å². The van der Waals surface area contributed by atoms with E-state index < -0.39 is 0 Å². The monoisotopic (exact) mass is 331 g/mol. The maximum absolute atomic E-state index is 6.09. The molecule has 130 valence electrons. The van der Waals surface area contributed by atoms with Crippen LogP contribution < -0.4 is 4.90 Å². The molecule has 4 heterocycles. The molecule has 0 spiro atoms. The number of aromatic nitrogens is 4. The van der Waals surface area contributed by atoms with Crippen LogP contribution in [0, 0.1) is 6.92 Å². The van der Waals surface area contributed by atoms with Gasteiger partial charge in [0.15, 0.2) is 11.5 Å². The first kappa shape index (κ1) is 15.8. The average molecular weight is 331 g/mol. The number of nitrogens with zero attached hydrogens (tertiary/aromatic N) is 5. The number of hydrogen-bond donors (Lipinski definition) is 0. The Hall–Kier alpha value is -1.73. The zero-order valence-corrected chi connectivity index (χ0v) is 14.2. The van der Waals surface area contributed by atoms with Gasteiger partial charge in [0, 0.05) is 19.7 Å². The second-order valence-electron chi connectivity index (χ2n) is 6.72. The van der Waals surface area contributed by atoms with Crippen LogP contribution in [-0.2, 0) is 9.47 Å². The topological polar surface area (TPSA) is 64.8 Å². The van der Waals surface area contributed by atoms with Crippen molar-refractivity contribution in [1.29, 1.82) is 0 Å². The third-order valence-electron chi connectivity index (χ3n) is 4.96. The number of ether oxygens (including phenoxy) is 2. The van der Waals surface area contributed by atoms with Crippen molar-refractivity contribution in [2.75, 3.05) is 31.2 Å². The minimum absolute atomic E-state index is 0.303. The first-order valence-electron chi connectivity index (χ1n) is 8.97. The second-order valence-corrected chi connectivity index (χ2v) is 6.72. The van der Waals surface area contributed by atoms with Gasteiger partial charge < -0.3 is 14.4 Å². The maximum Gasteiger partial charge on any atom is 0.178 e. The molecule has 2 aliphatic heterocycles. The highest BCUT2D eigenvalue weighted by Crippen LogP contribution is 2.21. The van der Waals surface area contributed by atoms with E-state index in [9.17, 15) is 0 Å². The van der Waals surface area contributed by atoms with E-state index in [1.807, 2.05) is 19.1 Å². The first-order chi connectivity index (χ1) is 11.8. The van der Waals surface area contributed by atoms with E-state index in [0.29, 0.717) is 12.2 Å². The van der Waals surface area contributed by atoms with Crippen LogP contribution in [0.1, 0.15) is 37.9 Å². The molecule has 0 aromatic carbocycles. The normalized spacial score (nSPS) is 23.0. The van der Waals surface area contributed by atoms with Gasteiger partial charge in [0.2, 0.25) is 0 Å². The van der Waals surface area contributed by atoms with Gasteiger partial charge >= 0.3 is 0 Å². The van der Waals surface area contributed by atoms with Crippen LogP contribution in [0.3, 0.4) is 0 Å². The maximum atomic E-state index is 6.09. The molecule has 0 saturated carbocycles. The third-order valence-corrected chi connectivity index (χ3v) is 4.96. The molecular formula is C17H25N5O2. The minimum Gasteiger partial charge on any atom is -0.376 e. The molecule has 7 nitrogen and oxygen atoms in total. The largest absolute Gasteiger partial charge is 0.376 e. The summed E-state index contributed by atoms with van der Waals surface area (Å²) in [5, 5.41) is 12.8. The van der Waals surface area contributed by atoms with Crippen molar-refractivity contribution in [3.63, 3.8) is 0 Å². The summed E-state index contributed by atoms with van der Waals surface area (Å²) in [6.07, 6.45) is 6.31. The predicted octanol–water partition coefficient (Wildman–Crippen LogP) is 1.99. The summed E-state index contributed by atoms with van der Waals surface area (Å²) in [6.45, 7) is 5.49. The fourth-order valence-electron chi connectivity index (χ4n) is 3.49. The Balaban J connectivity index is 1.30. The van der Waals surface area contributed by atoms with E-state index in [1.54, 1.807) is 4.52 Å². The number of hydrogen-bond acceptors (Lipinski definition) is 6. The van der Waals surface area contributed by atoms with Gasteiger partial charge in [-0.3, -0.25) is 0 Å². The van der Waals surface area contributed by atoms with Crippen molar-refractivity contribution >= 4 is 11.5 Å². The fraction of sp³-hybridized carbons (Fsp3) is 0.706. The first-order valence-corrected chi connectivity index (χ1v) is 8.97. The van der Waals surface area contributed by atoms with E-state index in [4.69, 9.17) is 9.47 Å². The van der Waals surface area contributed by atoms with Crippen LogP contribution in [0.2, 0.25) is 0 Å². The lowest BCUT2D eigenvalue weighted by atomic mass is 10.1. The number of fused-ring (bicyclic) bond motifs is 1. The zero-order valence-electron chi connectivity index (χ0n) is 14.2. The van der Waals surface area contributed by atoms with Crippen LogP contribution in [0.25, 0.3) is 5.65 Å². The molecule has 0 bridgehead atoms. The lowest BCUT2D eigenvalue weighted by molar-refractivity contribution is -0.0672. The fourth-order valence-corrected chi connectivity index (χ4v) is 3.49. The van der Waals surface area contributed by atoms with Gasteiger partial charge in [-0.2, -0.15) is 4.52 Å². The van der Waals surface area contributed by atoms with Crippen molar-refractivity contribution in [3.05, 3.63) is 18.0 Å². The zero-order chi connectivity index (χ0) is 16.4. The summed E-state index contributed by atoms with van der Waals surface area (Å²) < 4.78 is 13.6. The molecule has 0 radical (unpaired) electrons. The van der Waals surface area contributed by atoms with Crippen LogP contribution >= 0.6 is 0 Å². The summed E-state index contributed by atoms with van der Waals surface area (Å²) in [7, 11) is 0. The van der Waals surface area contributed by atoms with Crippen LogP contribution in [-0.4, -0.2) is 58.3 Å². The smallest absolute Gasteiger partial charge is 0.178 e. The Morgan fingerprint density at radius 3 is 2.83 bits per heavy atom. The predicted molar refractivity (Wildman–Crippen MR) is 90.3 cm³/mol. The molecule has 1 unspecified atom stereocenters. The highest BCUT2D eigenvalue weighted by Gasteiger charge is 2.23. The highest BCUT2D eigenvalue weighted by atomic mass is 16.5. The number of anilines is 1. The Morgan fingerprint density at radius 1 is 1.17 bits per heavy atom. The second kappa shape index (κ2) is 7.03. The molecule has 7 heteroatoms. The van der Waals surface area contributed by atoms with E-state index in [0.717, 1.165) is 62.9 Å². The standard InChI is InChI=1S/C17H25N5O2/c1-13-18-19-16-5-6-17(20-22(13)16)21-9-7-14(8-10-21)24-12-15-4-2-3-11-23-15/h5-6,14-15H,2-4,7-12H2,1H3. The molecule has 2 saturated heterocycles. The SMILES string of the molecule is Cc1nnc2ccc(N3CCC(OCC4CCCCO4)CC3)nn12. The van der Waals surface area contributed by atoms with Gasteiger partial charge in [0.1, 0.15) is 5.82 Å². The molecule has 0 aliphatic carbocycles. The van der Waals surface area contributed by atoms with Crippen molar-refractivity contribution in [1.82, 2.24) is 19.8 Å². The Kier molecular flexibility index (Phi) is 4.62. The molecule has 0 amide bonds. The van der Waals surface area contributed by atoms with Crippen molar-refractivity contribution < 1.29 is 9.47 Å². The van der Waals surface area contributed by atoms with Gasteiger partial charge in [-0.15, -0.1) is 15.3 Å². The Morgan fingerprint density at radius 2 is 2.04 bits per heavy atom. The minimum atomic E-state index is 0.303. The van der Waals surface area contributed by atoms with E-state index >= 15 is 0 Å². The Labute approximate surface area is 141 Å². The highest BCUT2D eigenvalue weighted by molar-refractivity contribution is 5.45. The number of rotatable bonds is 4.